The molecule has 0 radical (unpaired) electrons. The highest BCUT2D eigenvalue weighted by atomic mass is 32.2. The van der Waals surface area contributed by atoms with E-state index in [9.17, 15) is 9.59 Å². The molecular formula is C20H18N2O2S. The van der Waals surface area contributed by atoms with E-state index in [4.69, 9.17) is 0 Å². The summed E-state index contributed by atoms with van der Waals surface area (Å²) in [5.74, 6) is 0.615. The van der Waals surface area contributed by atoms with Crippen LogP contribution in [0, 0.1) is 0 Å². The fourth-order valence-corrected chi connectivity index (χ4v) is 3.21. The van der Waals surface area contributed by atoms with Gasteiger partial charge in [0.05, 0.1) is 10.5 Å². The summed E-state index contributed by atoms with van der Waals surface area (Å²) in [7, 11) is 0. The van der Waals surface area contributed by atoms with Gasteiger partial charge in [0.2, 0.25) is 5.91 Å². The van der Waals surface area contributed by atoms with Gasteiger partial charge in [-0.05, 0) is 43.3 Å². The second-order valence-electron chi connectivity index (χ2n) is 5.62. The Bertz CT molecular complexity index is 907. The molecule has 0 aliphatic rings. The van der Waals surface area contributed by atoms with Crippen molar-refractivity contribution in [3.05, 3.63) is 66.2 Å². The summed E-state index contributed by atoms with van der Waals surface area (Å²) in [5, 5.41) is 4.86. The predicted octanol–water partition coefficient (Wildman–Crippen LogP) is 4.56. The third-order valence-corrected chi connectivity index (χ3v) is 4.66. The van der Waals surface area contributed by atoms with Crippen LogP contribution in [0.25, 0.3) is 10.9 Å². The molecular weight excluding hydrogens is 332 g/mol. The summed E-state index contributed by atoms with van der Waals surface area (Å²) >= 11 is 1.56. The summed E-state index contributed by atoms with van der Waals surface area (Å²) in [6.07, 6.45) is 0.396. The first-order valence-electron chi connectivity index (χ1n) is 8.01. The van der Waals surface area contributed by atoms with E-state index in [2.05, 4.69) is 10.3 Å². The molecule has 1 aromatic heterocycles. The average Bonchev–Trinajstić information content (AvgIpc) is 2.62. The first-order valence-corrected chi connectivity index (χ1v) is 9.00. The van der Waals surface area contributed by atoms with Gasteiger partial charge in [-0.2, -0.15) is 0 Å². The number of nitrogens with zero attached hydrogens (tertiary/aromatic N) is 1. The molecule has 126 valence electrons. The number of pyridine rings is 1. The molecule has 1 amide bonds. The van der Waals surface area contributed by atoms with Gasteiger partial charge in [-0.15, -0.1) is 11.8 Å². The molecule has 4 nitrogen and oxygen atoms in total. The lowest BCUT2D eigenvalue weighted by molar-refractivity contribution is -0.115. The van der Waals surface area contributed by atoms with E-state index in [-0.39, 0.29) is 11.7 Å². The fraction of sp³-hybridized carbons (Fsp3) is 0.150. The van der Waals surface area contributed by atoms with Gasteiger partial charge >= 0.3 is 0 Å². The van der Waals surface area contributed by atoms with E-state index in [0.717, 1.165) is 15.9 Å². The third-order valence-electron chi connectivity index (χ3n) is 3.73. The number of hydrogen-bond donors (Lipinski definition) is 1. The number of aromatic nitrogens is 1. The van der Waals surface area contributed by atoms with Gasteiger partial charge in [0, 0.05) is 28.8 Å². The molecule has 0 unspecified atom stereocenters. The summed E-state index contributed by atoms with van der Waals surface area (Å²) in [6.45, 7) is 1.52. The van der Waals surface area contributed by atoms with E-state index in [1.165, 1.54) is 6.92 Å². The van der Waals surface area contributed by atoms with Crippen LogP contribution in [0.4, 0.5) is 5.69 Å². The lowest BCUT2D eigenvalue weighted by atomic mass is 10.1. The largest absolute Gasteiger partial charge is 0.326 e. The number of Topliss-reactive ketones (excluding diaryl/α,β-unsaturated/α-hetero) is 1. The van der Waals surface area contributed by atoms with Crippen LogP contribution in [0.5, 0.6) is 0 Å². The molecule has 1 heterocycles. The molecule has 2 aromatic carbocycles. The minimum absolute atomic E-state index is 0.0113. The molecule has 0 aliphatic carbocycles. The lowest BCUT2D eigenvalue weighted by Crippen LogP contribution is -2.12. The number of benzene rings is 2. The monoisotopic (exact) mass is 350 g/mol. The smallest absolute Gasteiger partial charge is 0.225 e. The average molecular weight is 350 g/mol. The number of rotatable bonds is 6. The lowest BCUT2D eigenvalue weighted by Gasteiger charge is -2.06. The number of thioether (sulfide) groups is 1. The second kappa shape index (κ2) is 7.94. The third kappa shape index (κ3) is 4.67. The molecule has 5 heteroatoms. The number of hydrogen-bond acceptors (Lipinski definition) is 4. The maximum atomic E-state index is 12.0. The zero-order valence-corrected chi connectivity index (χ0v) is 14.7. The van der Waals surface area contributed by atoms with Crippen LogP contribution in [0.15, 0.2) is 65.7 Å². The standard InChI is InChI=1S/C20H18N2O2S/c1-14(23)15-6-9-17(10-7-15)21-19(24)12-13-25-20-11-8-16-4-2-3-5-18(16)22-20/h2-11H,12-13H2,1H3,(H,21,24). The zero-order valence-electron chi connectivity index (χ0n) is 13.9. The Balaban J connectivity index is 1.50. The summed E-state index contributed by atoms with van der Waals surface area (Å²) in [5.41, 5.74) is 2.29. The molecule has 0 saturated carbocycles. The fourth-order valence-electron chi connectivity index (χ4n) is 2.39. The Morgan fingerprint density at radius 3 is 2.52 bits per heavy atom. The van der Waals surface area contributed by atoms with Crippen LogP contribution in [0.1, 0.15) is 23.7 Å². The van der Waals surface area contributed by atoms with Gasteiger partial charge in [0.15, 0.2) is 5.78 Å². The Hall–Kier alpha value is -2.66. The van der Waals surface area contributed by atoms with Crippen LogP contribution < -0.4 is 5.32 Å². The molecule has 0 atom stereocenters. The Labute approximate surface area is 150 Å². The van der Waals surface area contributed by atoms with Crippen molar-refractivity contribution >= 4 is 40.0 Å². The van der Waals surface area contributed by atoms with Crippen molar-refractivity contribution in [3.8, 4) is 0 Å². The number of ketones is 1. The van der Waals surface area contributed by atoms with Gasteiger partial charge < -0.3 is 5.32 Å². The van der Waals surface area contributed by atoms with Crippen LogP contribution in [-0.4, -0.2) is 22.4 Å². The molecule has 0 saturated heterocycles. The SMILES string of the molecule is CC(=O)c1ccc(NC(=O)CCSc2ccc3ccccc3n2)cc1. The Morgan fingerprint density at radius 2 is 1.76 bits per heavy atom. The topological polar surface area (TPSA) is 59.1 Å². The highest BCUT2D eigenvalue weighted by molar-refractivity contribution is 7.99. The predicted molar refractivity (Wildman–Crippen MR) is 102 cm³/mol. The Morgan fingerprint density at radius 1 is 1.00 bits per heavy atom. The van der Waals surface area contributed by atoms with Crippen molar-refractivity contribution in [3.63, 3.8) is 0 Å². The Kier molecular flexibility index (Phi) is 5.46. The maximum absolute atomic E-state index is 12.0. The van der Waals surface area contributed by atoms with Gasteiger partial charge in [0.25, 0.3) is 0 Å². The van der Waals surface area contributed by atoms with E-state index in [1.54, 1.807) is 36.0 Å². The molecule has 0 aliphatic heterocycles. The number of fused-ring (bicyclic) bond motifs is 1. The quantitative estimate of drug-likeness (QED) is 0.523. The normalized spacial score (nSPS) is 10.6. The molecule has 0 spiro atoms. The summed E-state index contributed by atoms with van der Waals surface area (Å²) < 4.78 is 0. The number of carbonyl (C=O) groups excluding carboxylic acids is 2. The molecule has 1 N–H and O–H groups in total. The van der Waals surface area contributed by atoms with E-state index >= 15 is 0 Å². The van der Waals surface area contributed by atoms with Gasteiger partial charge in [0.1, 0.15) is 0 Å². The first kappa shape index (κ1) is 17.2. The van der Waals surface area contributed by atoms with E-state index in [0.29, 0.717) is 23.4 Å². The molecule has 25 heavy (non-hydrogen) atoms. The number of nitrogens with one attached hydrogen (secondary N) is 1. The van der Waals surface area contributed by atoms with Gasteiger partial charge in [-0.1, -0.05) is 24.3 Å². The number of amides is 1. The van der Waals surface area contributed by atoms with Crippen molar-refractivity contribution in [1.82, 2.24) is 4.98 Å². The van der Waals surface area contributed by atoms with Crippen molar-refractivity contribution in [2.24, 2.45) is 0 Å². The van der Waals surface area contributed by atoms with Crippen LogP contribution >= 0.6 is 11.8 Å². The van der Waals surface area contributed by atoms with E-state index in [1.807, 2.05) is 36.4 Å². The molecule has 0 bridgehead atoms. The minimum Gasteiger partial charge on any atom is -0.326 e. The first-order chi connectivity index (χ1) is 12.1. The number of anilines is 1. The van der Waals surface area contributed by atoms with Crippen molar-refractivity contribution < 1.29 is 9.59 Å². The highest BCUT2D eigenvalue weighted by Crippen LogP contribution is 2.20. The number of carbonyl (C=O) groups is 2. The van der Waals surface area contributed by atoms with Crippen LogP contribution in [-0.2, 0) is 4.79 Å². The minimum atomic E-state index is -0.0520. The maximum Gasteiger partial charge on any atom is 0.225 e. The molecule has 3 aromatic rings. The van der Waals surface area contributed by atoms with Crippen molar-refractivity contribution in [2.75, 3.05) is 11.1 Å². The molecule has 0 fully saturated rings. The molecule has 3 rings (SSSR count). The van der Waals surface area contributed by atoms with Crippen LogP contribution in [0.2, 0.25) is 0 Å². The van der Waals surface area contributed by atoms with Crippen molar-refractivity contribution in [2.45, 2.75) is 18.4 Å². The van der Waals surface area contributed by atoms with Gasteiger partial charge in [-0.3, -0.25) is 9.59 Å². The number of para-hydroxylation sites is 1. The van der Waals surface area contributed by atoms with E-state index < -0.39 is 0 Å². The second-order valence-corrected chi connectivity index (χ2v) is 6.74. The summed E-state index contributed by atoms with van der Waals surface area (Å²) in [4.78, 5) is 27.8. The van der Waals surface area contributed by atoms with Gasteiger partial charge in [-0.25, -0.2) is 4.98 Å². The summed E-state index contributed by atoms with van der Waals surface area (Å²) in [6, 6.07) is 18.9. The van der Waals surface area contributed by atoms with Crippen molar-refractivity contribution in [1.29, 1.82) is 0 Å². The zero-order chi connectivity index (χ0) is 17.6. The highest BCUT2D eigenvalue weighted by Gasteiger charge is 2.05. The van der Waals surface area contributed by atoms with Crippen LogP contribution in [0.3, 0.4) is 0 Å².